The van der Waals surface area contributed by atoms with Gasteiger partial charge < -0.3 is 0 Å². The van der Waals surface area contributed by atoms with Crippen molar-refractivity contribution in [2.24, 2.45) is 0 Å². The van der Waals surface area contributed by atoms with Gasteiger partial charge in [0.15, 0.2) is 0 Å². The Bertz CT molecular complexity index is 855. The molecule has 1 aromatic carbocycles. The monoisotopic (exact) mass is 297 g/mol. The molecule has 4 rings (SSSR count). The molecule has 7 nitrogen and oxygen atoms in total. The van der Waals surface area contributed by atoms with Crippen LogP contribution in [0.15, 0.2) is 39.8 Å². The third-order valence-electron chi connectivity index (χ3n) is 4.01. The van der Waals surface area contributed by atoms with Gasteiger partial charge in [0.05, 0.1) is 0 Å². The van der Waals surface area contributed by atoms with Crippen molar-refractivity contribution in [2.75, 3.05) is 13.1 Å². The fraction of sp³-hybridized carbons (Fsp3) is 0.333. The highest BCUT2D eigenvalue weighted by molar-refractivity contribution is 5.66. The Morgan fingerprint density at radius 3 is 2.82 bits per heavy atom. The Balaban J connectivity index is 1.60. The predicted octanol–water partition coefficient (Wildman–Crippen LogP) is 0.838. The van der Waals surface area contributed by atoms with Crippen LogP contribution in [0.5, 0.6) is 0 Å². The van der Waals surface area contributed by atoms with Crippen LogP contribution in [0.25, 0.3) is 11.2 Å². The second-order valence-corrected chi connectivity index (χ2v) is 5.43. The first-order valence-electron chi connectivity index (χ1n) is 7.29. The predicted molar refractivity (Wildman–Crippen MR) is 79.3 cm³/mol. The molecule has 0 bridgehead atoms. The summed E-state index contributed by atoms with van der Waals surface area (Å²) in [6, 6.07) is 10.3. The molecule has 0 saturated heterocycles. The van der Waals surface area contributed by atoms with Gasteiger partial charge in [-0.25, -0.2) is 9.61 Å². The van der Waals surface area contributed by atoms with Crippen molar-refractivity contribution in [3.05, 3.63) is 52.1 Å². The summed E-state index contributed by atoms with van der Waals surface area (Å²) in [5.74, 6) is 0.753. The molecule has 1 aliphatic rings. The summed E-state index contributed by atoms with van der Waals surface area (Å²) in [5.41, 5.74) is 1.62. The molecular formula is C15H15N5O2. The molecule has 0 N–H and O–H groups in total. The Kier molecular flexibility index (Phi) is 3.19. The average molecular weight is 297 g/mol. The Hall–Kier alpha value is -2.54. The molecule has 0 aliphatic carbocycles. The maximum atomic E-state index is 12.4. The number of benzene rings is 1. The van der Waals surface area contributed by atoms with Gasteiger partial charge in [0.25, 0.3) is 5.56 Å². The molecule has 7 heteroatoms. The van der Waals surface area contributed by atoms with E-state index >= 15 is 0 Å². The molecule has 0 unspecified atom stereocenters. The van der Waals surface area contributed by atoms with E-state index in [0.29, 0.717) is 18.6 Å². The van der Waals surface area contributed by atoms with Crippen LogP contribution in [0, 0.1) is 0 Å². The minimum atomic E-state index is -0.164. The van der Waals surface area contributed by atoms with E-state index < -0.39 is 0 Å². The second-order valence-electron chi connectivity index (χ2n) is 5.43. The van der Waals surface area contributed by atoms with E-state index in [9.17, 15) is 4.79 Å². The Labute approximate surface area is 126 Å². The topological polar surface area (TPSA) is 77.0 Å². The normalized spacial score (nSPS) is 15.6. The highest BCUT2D eigenvalue weighted by Crippen LogP contribution is 2.11. The van der Waals surface area contributed by atoms with Crippen molar-refractivity contribution in [1.29, 1.82) is 0 Å². The van der Waals surface area contributed by atoms with Crippen molar-refractivity contribution in [2.45, 2.75) is 19.5 Å². The summed E-state index contributed by atoms with van der Waals surface area (Å²) >= 11 is 0. The first kappa shape index (κ1) is 13.1. The summed E-state index contributed by atoms with van der Waals surface area (Å²) in [7, 11) is 0. The van der Waals surface area contributed by atoms with E-state index in [0.717, 1.165) is 25.5 Å². The van der Waals surface area contributed by atoms with E-state index in [4.69, 9.17) is 0 Å². The minimum Gasteiger partial charge on any atom is -0.297 e. The first-order chi connectivity index (χ1) is 10.8. The van der Waals surface area contributed by atoms with E-state index in [-0.39, 0.29) is 11.1 Å². The van der Waals surface area contributed by atoms with Crippen LogP contribution >= 0.6 is 0 Å². The standard InChI is InChI=1S/C15H15N5O2/c21-15-13-14(18-22-17-13)16-12-6-7-19(8-9-20(12)15)10-11-4-2-1-3-5-11/h1-5H,6-10H2. The number of hydrogen-bond acceptors (Lipinski definition) is 6. The van der Waals surface area contributed by atoms with Gasteiger partial charge in [0.2, 0.25) is 11.2 Å². The molecule has 112 valence electrons. The molecule has 3 aromatic rings. The molecule has 0 atom stereocenters. The van der Waals surface area contributed by atoms with Gasteiger partial charge in [-0.1, -0.05) is 30.3 Å². The molecule has 22 heavy (non-hydrogen) atoms. The highest BCUT2D eigenvalue weighted by Gasteiger charge is 2.19. The molecule has 3 heterocycles. The lowest BCUT2D eigenvalue weighted by Gasteiger charge is -2.19. The molecule has 1 aliphatic heterocycles. The van der Waals surface area contributed by atoms with Crippen LogP contribution in [0.1, 0.15) is 11.4 Å². The minimum absolute atomic E-state index is 0.164. The van der Waals surface area contributed by atoms with Gasteiger partial charge in [-0.3, -0.25) is 14.3 Å². The number of hydrogen-bond donors (Lipinski definition) is 0. The molecule has 0 radical (unpaired) electrons. The van der Waals surface area contributed by atoms with Gasteiger partial charge in [-0.05, 0) is 15.9 Å². The summed E-state index contributed by atoms with van der Waals surface area (Å²) in [5, 5.41) is 7.33. The lowest BCUT2D eigenvalue weighted by molar-refractivity contribution is 0.271. The first-order valence-corrected chi connectivity index (χ1v) is 7.29. The zero-order valence-corrected chi connectivity index (χ0v) is 12.0. The second kappa shape index (κ2) is 5.34. The zero-order valence-electron chi connectivity index (χ0n) is 12.0. The van der Waals surface area contributed by atoms with Crippen LogP contribution in [0.2, 0.25) is 0 Å². The smallest absolute Gasteiger partial charge is 0.285 e. The fourth-order valence-electron chi connectivity index (χ4n) is 2.85. The average Bonchev–Trinajstić information content (AvgIpc) is 2.92. The Morgan fingerprint density at radius 2 is 1.95 bits per heavy atom. The van der Waals surface area contributed by atoms with E-state index in [1.807, 2.05) is 18.2 Å². The van der Waals surface area contributed by atoms with Gasteiger partial charge in [-0.15, -0.1) is 0 Å². The number of aromatic nitrogens is 4. The zero-order chi connectivity index (χ0) is 14.9. The lowest BCUT2D eigenvalue weighted by Crippen LogP contribution is -2.28. The molecule has 0 saturated carbocycles. The SMILES string of the molecule is O=c1c2nonc2nc2n1CCN(Cc1ccccc1)CC2. The summed E-state index contributed by atoms with van der Waals surface area (Å²) in [6.45, 7) is 3.15. The third-order valence-corrected chi connectivity index (χ3v) is 4.01. The largest absolute Gasteiger partial charge is 0.297 e. The van der Waals surface area contributed by atoms with Crippen molar-refractivity contribution in [3.8, 4) is 0 Å². The molecule has 0 spiro atoms. The van der Waals surface area contributed by atoms with E-state index in [1.165, 1.54) is 5.56 Å². The van der Waals surface area contributed by atoms with E-state index in [1.54, 1.807) is 4.57 Å². The van der Waals surface area contributed by atoms with Crippen molar-refractivity contribution in [1.82, 2.24) is 24.8 Å². The summed E-state index contributed by atoms with van der Waals surface area (Å²) < 4.78 is 6.30. The van der Waals surface area contributed by atoms with Crippen molar-refractivity contribution >= 4 is 11.2 Å². The van der Waals surface area contributed by atoms with Gasteiger partial charge in [0.1, 0.15) is 5.82 Å². The molecule has 0 fully saturated rings. The third kappa shape index (κ3) is 2.29. The quantitative estimate of drug-likeness (QED) is 0.697. The van der Waals surface area contributed by atoms with Gasteiger partial charge in [0, 0.05) is 32.6 Å². The summed E-state index contributed by atoms with van der Waals surface area (Å²) in [6.07, 6.45) is 0.713. The highest BCUT2D eigenvalue weighted by atomic mass is 16.6. The lowest BCUT2D eigenvalue weighted by atomic mass is 10.2. The molecule has 0 amide bonds. The van der Waals surface area contributed by atoms with Gasteiger partial charge in [-0.2, -0.15) is 0 Å². The number of fused-ring (bicyclic) bond motifs is 2. The number of rotatable bonds is 2. The number of nitrogens with zero attached hydrogens (tertiary/aromatic N) is 5. The fourth-order valence-corrected chi connectivity index (χ4v) is 2.85. The van der Waals surface area contributed by atoms with Crippen LogP contribution < -0.4 is 5.56 Å². The van der Waals surface area contributed by atoms with Gasteiger partial charge >= 0.3 is 0 Å². The van der Waals surface area contributed by atoms with Crippen LogP contribution in [-0.2, 0) is 19.5 Å². The Morgan fingerprint density at radius 1 is 1.09 bits per heavy atom. The van der Waals surface area contributed by atoms with Crippen LogP contribution in [-0.4, -0.2) is 37.9 Å². The van der Waals surface area contributed by atoms with Crippen molar-refractivity contribution in [3.63, 3.8) is 0 Å². The molecular weight excluding hydrogens is 282 g/mol. The maximum absolute atomic E-state index is 12.4. The maximum Gasteiger partial charge on any atom is 0.285 e. The van der Waals surface area contributed by atoms with Crippen molar-refractivity contribution < 1.29 is 4.63 Å². The summed E-state index contributed by atoms with van der Waals surface area (Å²) in [4.78, 5) is 19.1. The van der Waals surface area contributed by atoms with Crippen LogP contribution in [0.4, 0.5) is 0 Å². The van der Waals surface area contributed by atoms with Crippen LogP contribution in [0.3, 0.4) is 0 Å². The van der Waals surface area contributed by atoms with E-state index in [2.05, 4.69) is 37.0 Å². The molecule has 2 aromatic heterocycles.